The fourth-order valence-electron chi connectivity index (χ4n) is 6.33. The number of carboxylic acid groups (broad SMARTS) is 2. The lowest BCUT2D eigenvalue weighted by Gasteiger charge is -2.14. The number of hydrogen-bond acceptors (Lipinski definition) is 17. The van der Waals surface area contributed by atoms with E-state index in [9.17, 15) is 43.2 Å². The van der Waals surface area contributed by atoms with E-state index in [1.165, 1.54) is 0 Å². The monoisotopic (exact) mass is 1210 g/mol. The highest BCUT2D eigenvalue weighted by atomic mass is 35.5. The van der Waals surface area contributed by atoms with Crippen molar-refractivity contribution in [3.63, 3.8) is 0 Å². The number of nitrogen functional groups attached to an aromatic ring is 1. The molecule has 0 bridgehead atoms. The number of carbonyl (C=O) groups excluding carboxylic acids is 7. The van der Waals surface area contributed by atoms with Gasteiger partial charge < -0.3 is 64.1 Å². The maximum absolute atomic E-state index is 11.9. The Morgan fingerprint density at radius 1 is 0.679 bits per heavy atom. The molecule has 0 aromatic heterocycles. The predicted octanol–water partition coefficient (Wildman–Crippen LogP) is 3.77. The van der Waals surface area contributed by atoms with Crippen molar-refractivity contribution < 1.29 is 58.1 Å². The summed E-state index contributed by atoms with van der Waals surface area (Å²) in [5, 5.41) is 33.4. The topological polar surface area (TPSA) is 354 Å². The van der Waals surface area contributed by atoms with Crippen molar-refractivity contribution in [2.45, 2.75) is 70.4 Å². The van der Waals surface area contributed by atoms with Gasteiger partial charge in [-0.05, 0) is 94.0 Å². The molecule has 6 amide bonds. The number of anilines is 4. The van der Waals surface area contributed by atoms with E-state index in [1.54, 1.807) is 55.5 Å². The van der Waals surface area contributed by atoms with Crippen LogP contribution in [0.1, 0.15) is 58.3 Å². The van der Waals surface area contributed by atoms with Crippen molar-refractivity contribution in [2.75, 3.05) is 47.9 Å². The maximum Gasteiger partial charge on any atom is 0.328 e. The molecular weight excluding hydrogens is 1150 g/mol. The van der Waals surface area contributed by atoms with Gasteiger partial charge >= 0.3 is 17.9 Å². The van der Waals surface area contributed by atoms with Crippen molar-refractivity contribution in [2.24, 2.45) is 23.3 Å². The largest absolute Gasteiger partial charge is 0.481 e. The Bertz CT molecular complexity index is 2430. The molecule has 428 valence electrons. The molecule has 0 spiro atoms. The van der Waals surface area contributed by atoms with E-state index in [0.29, 0.717) is 30.6 Å². The minimum absolute atomic E-state index is 0. The standard InChI is InChI=1S/C19H25N3O5.C17H23N3O6.C8H10N2O.C6H7N.ClH.S3.S2.H2S/c1-2-27-19(26)15-11-13(18(25)22-15)7-6-10-16(23)20-12-17(24)21-14-8-4-3-5-9-14;18-13(17(25)26)9-11(16(23)24)5-4-8-14(21)19-10-15(22)20-12-6-2-1-3-7-12;9-6-8(11)10-7-4-2-1-3-5-7;7-6-4-2-1-3-5-6;;1-3-2;1-2;/h3-5,8-9,13,15H,2,6-7,10-12H2,1H3,(H,20,23)(H,21,24)(H,22,25);1-3,6-7,11,13H,4-5,8-10,18H2,(H,19,21)(H,20,22)(H,23,24)(H,25,26);1-5H,6,9H2,(H,10,11);1-5H,7H2;1H;;;1H2/t13?,15-;11?,13-;;;;;;/m00....../s1. The first-order valence-electron chi connectivity index (χ1n) is 23.3. The zero-order valence-corrected chi connectivity index (χ0v) is 48.4. The van der Waals surface area contributed by atoms with Crippen LogP contribution in [0.15, 0.2) is 121 Å². The van der Waals surface area contributed by atoms with Gasteiger partial charge in [-0.2, -0.15) is 13.5 Å². The fourth-order valence-corrected chi connectivity index (χ4v) is 6.33. The second-order valence-electron chi connectivity index (χ2n) is 15.7. The van der Waals surface area contributed by atoms with Crippen LogP contribution in [-0.4, -0.2) is 102 Å². The van der Waals surface area contributed by atoms with E-state index < -0.39 is 35.9 Å². The van der Waals surface area contributed by atoms with Gasteiger partial charge in [-0.15, -0.1) is 12.4 Å². The second-order valence-corrected chi connectivity index (χ2v) is 17.5. The minimum atomic E-state index is -1.27. The molecule has 1 heterocycles. The van der Waals surface area contributed by atoms with E-state index in [2.05, 4.69) is 76.7 Å². The minimum Gasteiger partial charge on any atom is -0.481 e. The Hall–Kier alpha value is -6.43. The van der Waals surface area contributed by atoms with Crippen LogP contribution in [0.5, 0.6) is 0 Å². The predicted molar refractivity (Wildman–Crippen MR) is 321 cm³/mol. The van der Waals surface area contributed by atoms with Crippen molar-refractivity contribution in [1.82, 2.24) is 16.0 Å². The first kappa shape index (κ1) is 75.8. The van der Waals surface area contributed by atoms with Gasteiger partial charge in [-0.3, -0.25) is 38.4 Å². The highest BCUT2D eigenvalue weighted by molar-refractivity contribution is 8.37. The van der Waals surface area contributed by atoms with Crippen molar-refractivity contribution in [1.29, 1.82) is 0 Å². The van der Waals surface area contributed by atoms with Crippen LogP contribution in [0.25, 0.3) is 0 Å². The average molecular weight is 1210 g/mol. The van der Waals surface area contributed by atoms with Crippen LogP contribution in [0.3, 0.4) is 0 Å². The first-order chi connectivity index (χ1) is 36.4. The van der Waals surface area contributed by atoms with E-state index in [4.69, 9.17) is 32.2 Å². The van der Waals surface area contributed by atoms with Crippen molar-refractivity contribution in [3.8, 4) is 0 Å². The lowest BCUT2D eigenvalue weighted by molar-refractivity contribution is -0.146. The number of carboxylic acids is 2. The Morgan fingerprint density at radius 2 is 1.08 bits per heavy atom. The number of hydrogen-bond donors (Lipinski definition) is 11. The number of halogens is 1. The number of benzene rings is 4. The highest BCUT2D eigenvalue weighted by Gasteiger charge is 2.36. The third kappa shape index (κ3) is 38.2. The molecule has 28 heteroatoms. The van der Waals surface area contributed by atoms with Gasteiger partial charge in [0.25, 0.3) is 0 Å². The number of aliphatic carboxylic acids is 2. The highest BCUT2D eigenvalue weighted by Crippen LogP contribution is 2.22. The van der Waals surface area contributed by atoms with Crippen LogP contribution in [0, 0.1) is 11.8 Å². The second kappa shape index (κ2) is 47.8. The molecule has 0 radical (unpaired) electrons. The Labute approximate surface area is 489 Å². The SMILES string of the molecule is CCOC(=O)[C@@H]1CC(CCCC(=O)NCC(=O)Nc2ccccc2)C(=O)N1.Cl.NCC(=O)Nc1ccccc1.N[C@@H](CC(CCCC(=O)NCC(=O)Nc1ccccc1)C(=O)O)C(=O)O.Nc1ccccc1.S.S=S.S=S=S. The zero-order chi connectivity index (χ0) is 57.1. The Balaban J connectivity index is -0.00000101. The van der Waals surface area contributed by atoms with E-state index in [-0.39, 0.29) is 126 Å². The number of amides is 6. The summed E-state index contributed by atoms with van der Waals surface area (Å²) < 4.78 is 4.91. The van der Waals surface area contributed by atoms with E-state index in [1.807, 2.05) is 72.8 Å². The summed E-state index contributed by atoms with van der Waals surface area (Å²) >= 11 is 15.6. The molecule has 2 unspecified atom stereocenters. The number of rotatable bonds is 22. The van der Waals surface area contributed by atoms with Crippen LogP contribution < -0.4 is 49.1 Å². The molecule has 1 saturated heterocycles. The maximum atomic E-state index is 11.9. The smallest absolute Gasteiger partial charge is 0.328 e. The van der Waals surface area contributed by atoms with Crippen molar-refractivity contribution >= 4 is 156 Å². The third-order valence-electron chi connectivity index (χ3n) is 9.95. The molecule has 1 fully saturated rings. The van der Waals surface area contributed by atoms with Gasteiger partial charge in [0.1, 0.15) is 12.1 Å². The summed E-state index contributed by atoms with van der Waals surface area (Å²) in [4.78, 5) is 103. The molecule has 14 N–H and O–H groups in total. The Kier molecular flexibility index (Phi) is 46.4. The molecule has 5 rings (SSSR count). The molecule has 0 saturated carbocycles. The van der Waals surface area contributed by atoms with Crippen LogP contribution in [-0.2, 0) is 102 Å². The average Bonchev–Trinajstić information content (AvgIpc) is 3.79. The molecule has 21 nitrogen and oxygen atoms in total. The van der Waals surface area contributed by atoms with Crippen molar-refractivity contribution in [3.05, 3.63) is 121 Å². The molecule has 78 heavy (non-hydrogen) atoms. The summed E-state index contributed by atoms with van der Waals surface area (Å²) in [7, 11) is 0.917. The number of nitrogens with one attached hydrogen (secondary N) is 6. The number of esters is 1. The lowest BCUT2D eigenvalue weighted by atomic mass is 9.94. The molecular formula is C50H68ClN9O12S6. The summed E-state index contributed by atoms with van der Waals surface area (Å²) in [6.07, 6.45) is 1.81. The molecule has 4 aromatic rings. The van der Waals surface area contributed by atoms with E-state index in [0.717, 1.165) is 20.3 Å². The summed E-state index contributed by atoms with van der Waals surface area (Å²) in [6, 6.07) is 34.6. The van der Waals surface area contributed by atoms with Gasteiger partial charge in [0.05, 0.1) is 32.2 Å². The molecule has 1 aliphatic heterocycles. The molecule has 0 aliphatic carbocycles. The summed E-state index contributed by atoms with van der Waals surface area (Å²) in [5.41, 5.74) is 18.7. The van der Waals surface area contributed by atoms with Gasteiger partial charge in [0.15, 0.2) is 0 Å². The first-order valence-corrected chi connectivity index (χ1v) is 27.3. The quantitative estimate of drug-likeness (QED) is 0.0394. The normalized spacial score (nSPS) is 12.9. The fraction of sp³-hybridized carbons (Fsp3) is 0.340. The van der Waals surface area contributed by atoms with Gasteiger partial charge in [0.2, 0.25) is 35.4 Å². The number of para-hydroxylation sites is 4. The lowest BCUT2D eigenvalue weighted by Crippen LogP contribution is -2.35. The Morgan fingerprint density at radius 3 is 1.44 bits per heavy atom. The number of ether oxygens (including phenoxy) is 1. The van der Waals surface area contributed by atoms with Gasteiger partial charge in [-0.1, -0.05) is 72.8 Å². The molecule has 1 aliphatic rings. The van der Waals surface area contributed by atoms with Crippen LogP contribution in [0.4, 0.5) is 22.7 Å². The molecule has 4 atom stereocenters. The molecule has 4 aromatic carbocycles. The number of carbonyl (C=O) groups is 9. The van der Waals surface area contributed by atoms with Gasteiger partial charge in [0, 0.05) is 95.1 Å². The summed E-state index contributed by atoms with van der Waals surface area (Å²) in [6.45, 7) is 1.70. The van der Waals surface area contributed by atoms with Gasteiger partial charge in [-0.25, -0.2) is 4.79 Å². The van der Waals surface area contributed by atoms with Crippen LogP contribution >= 0.6 is 25.9 Å². The zero-order valence-electron chi connectivity index (χ0n) is 42.5. The number of nitrogens with two attached hydrogens (primary N) is 3. The van der Waals surface area contributed by atoms with Crippen LogP contribution in [0.2, 0.25) is 0 Å². The van der Waals surface area contributed by atoms with E-state index >= 15 is 0 Å². The third-order valence-corrected chi connectivity index (χ3v) is 9.95. The summed E-state index contributed by atoms with van der Waals surface area (Å²) in [5.74, 6) is -5.74.